The van der Waals surface area contributed by atoms with E-state index in [0.29, 0.717) is 21.3 Å². The van der Waals surface area contributed by atoms with Crippen LogP contribution in [-0.4, -0.2) is 15.5 Å². The highest BCUT2D eigenvalue weighted by atomic mass is 32.1. The maximum atomic E-state index is 13.1. The fourth-order valence-electron chi connectivity index (χ4n) is 2.47. The summed E-state index contributed by atoms with van der Waals surface area (Å²) in [5, 5.41) is 11.4. The quantitative estimate of drug-likeness (QED) is 0.734. The van der Waals surface area contributed by atoms with Crippen LogP contribution in [0.1, 0.15) is 17.8 Å². The number of carboxylic acids is 1. The molecule has 0 bridgehead atoms. The highest BCUT2D eigenvalue weighted by molar-refractivity contribution is 7.19. The van der Waals surface area contributed by atoms with Crippen molar-refractivity contribution in [3.63, 3.8) is 0 Å². The third kappa shape index (κ3) is 2.53. The number of nitrogens with zero attached hydrogens (tertiary/aromatic N) is 2. The number of aromatic nitrogens is 2. The van der Waals surface area contributed by atoms with Gasteiger partial charge < -0.3 is 9.90 Å². The van der Waals surface area contributed by atoms with E-state index in [2.05, 4.69) is 4.98 Å². The second-order valence-electron chi connectivity index (χ2n) is 5.17. The molecule has 1 atom stereocenters. The van der Waals surface area contributed by atoms with Gasteiger partial charge in [0.2, 0.25) is 0 Å². The topological polar surface area (TPSA) is 75.0 Å². The van der Waals surface area contributed by atoms with Crippen LogP contribution in [0.4, 0.5) is 4.39 Å². The molecule has 5 nitrogen and oxygen atoms in total. The number of aliphatic carboxylic acids is 1. The van der Waals surface area contributed by atoms with E-state index in [-0.39, 0.29) is 5.82 Å². The van der Waals surface area contributed by atoms with Crippen LogP contribution in [0.15, 0.2) is 35.4 Å². The van der Waals surface area contributed by atoms with Gasteiger partial charge in [0, 0.05) is 10.4 Å². The van der Waals surface area contributed by atoms with E-state index in [0.717, 1.165) is 9.44 Å². The van der Waals surface area contributed by atoms with Gasteiger partial charge in [-0.05, 0) is 31.5 Å². The standard InChI is InChI=1S/C16H13FN2O3S/c1-8(16(21)22)19-7-18-14-13(15(19)20)12(9(2)23-14)10-3-5-11(17)6-4-10/h3-8H,1-2H3,(H,21,22)/p-1/t8-/m1/s1. The van der Waals surface area contributed by atoms with E-state index in [1.165, 1.54) is 36.7 Å². The molecule has 3 rings (SSSR count). The Kier molecular flexibility index (Phi) is 3.73. The number of hydrogen-bond donors (Lipinski definition) is 0. The molecule has 1 aromatic carbocycles. The first-order valence-electron chi connectivity index (χ1n) is 6.87. The molecule has 0 saturated carbocycles. The van der Waals surface area contributed by atoms with Gasteiger partial charge in [0.05, 0.1) is 23.7 Å². The Bertz CT molecular complexity index is 960. The Morgan fingerprint density at radius 1 is 1.35 bits per heavy atom. The molecule has 7 heteroatoms. The largest absolute Gasteiger partial charge is 0.548 e. The van der Waals surface area contributed by atoms with Crippen LogP contribution in [0.5, 0.6) is 0 Å². The second kappa shape index (κ2) is 5.58. The lowest BCUT2D eigenvalue weighted by Gasteiger charge is -2.15. The highest BCUT2D eigenvalue weighted by Crippen LogP contribution is 2.35. The van der Waals surface area contributed by atoms with E-state index >= 15 is 0 Å². The smallest absolute Gasteiger partial charge is 0.263 e. The molecule has 0 amide bonds. The maximum absolute atomic E-state index is 13.1. The first-order chi connectivity index (χ1) is 10.9. The maximum Gasteiger partial charge on any atom is 0.263 e. The summed E-state index contributed by atoms with van der Waals surface area (Å²) in [6.07, 6.45) is 1.22. The Morgan fingerprint density at radius 3 is 2.61 bits per heavy atom. The van der Waals surface area contributed by atoms with Crippen LogP contribution in [0.2, 0.25) is 0 Å². The molecule has 0 saturated heterocycles. The van der Waals surface area contributed by atoms with Crippen molar-refractivity contribution in [1.29, 1.82) is 0 Å². The predicted octanol–water partition coefficient (Wildman–Crippen LogP) is 1.88. The fourth-order valence-corrected chi connectivity index (χ4v) is 3.47. The van der Waals surface area contributed by atoms with Crippen molar-refractivity contribution >= 4 is 27.5 Å². The summed E-state index contributed by atoms with van der Waals surface area (Å²) in [4.78, 5) is 29.3. The van der Waals surface area contributed by atoms with Crippen molar-refractivity contribution < 1.29 is 14.3 Å². The lowest BCUT2D eigenvalue weighted by Crippen LogP contribution is -2.36. The second-order valence-corrected chi connectivity index (χ2v) is 6.38. The number of carbonyl (C=O) groups is 1. The zero-order valence-corrected chi connectivity index (χ0v) is 13.2. The lowest BCUT2D eigenvalue weighted by molar-refractivity contribution is -0.309. The number of benzene rings is 1. The van der Waals surface area contributed by atoms with Crippen molar-refractivity contribution in [2.24, 2.45) is 0 Å². The fraction of sp³-hybridized carbons (Fsp3) is 0.188. The van der Waals surface area contributed by atoms with Crippen molar-refractivity contribution in [2.45, 2.75) is 19.9 Å². The van der Waals surface area contributed by atoms with E-state index in [9.17, 15) is 19.1 Å². The zero-order chi connectivity index (χ0) is 16.7. The normalized spacial score (nSPS) is 12.5. The van der Waals surface area contributed by atoms with Crippen LogP contribution in [-0.2, 0) is 4.79 Å². The average Bonchev–Trinajstić information content (AvgIpc) is 2.85. The minimum atomic E-state index is -1.36. The molecular weight excluding hydrogens is 319 g/mol. The summed E-state index contributed by atoms with van der Waals surface area (Å²) in [5.74, 6) is -1.73. The number of rotatable bonds is 3. The summed E-state index contributed by atoms with van der Waals surface area (Å²) in [5.41, 5.74) is 0.894. The van der Waals surface area contributed by atoms with E-state index < -0.39 is 17.6 Å². The Labute approximate surface area is 134 Å². The first-order valence-corrected chi connectivity index (χ1v) is 7.69. The molecule has 0 unspecified atom stereocenters. The van der Waals surface area contributed by atoms with Crippen molar-refractivity contribution in [3.8, 4) is 11.1 Å². The van der Waals surface area contributed by atoms with Gasteiger partial charge in [0.15, 0.2) is 0 Å². The monoisotopic (exact) mass is 331 g/mol. The SMILES string of the molecule is Cc1sc2ncn([C@H](C)C(=O)[O-])c(=O)c2c1-c1ccc(F)cc1. The number of hydrogen-bond acceptors (Lipinski definition) is 5. The number of carbonyl (C=O) groups excluding carboxylic acids is 1. The molecule has 2 heterocycles. The summed E-state index contributed by atoms with van der Waals surface area (Å²) in [6, 6.07) is 4.68. The molecule has 0 aliphatic rings. The number of halogens is 1. The van der Waals surface area contributed by atoms with Gasteiger partial charge in [-0.2, -0.15) is 0 Å². The van der Waals surface area contributed by atoms with Gasteiger partial charge in [0.25, 0.3) is 5.56 Å². The number of aryl methyl sites for hydroxylation is 1. The Morgan fingerprint density at radius 2 is 2.00 bits per heavy atom. The highest BCUT2D eigenvalue weighted by Gasteiger charge is 2.19. The molecule has 0 aliphatic heterocycles. The Balaban J connectivity index is 2.32. The van der Waals surface area contributed by atoms with Gasteiger partial charge in [-0.1, -0.05) is 12.1 Å². The van der Waals surface area contributed by atoms with Crippen LogP contribution >= 0.6 is 11.3 Å². The summed E-state index contributed by atoms with van der Waals surface area (Å²) >= 11 is 1.34. The molecule has 2 aromatic heterocycles. The molecule has 0 fully saturated rings. The van der Waals surface area contributed by atoms with E-state index in [1.807, 2.05) is 6.92 Å². The third-order valence-corrected chi connectivity index (χ3v) is 4.72. The van der Waals surface area contributed by atoms with Crippen LogP contribution in [0, 0.1) is 12.7 Å². The zero-order valence-electron chi connectivity index (χ0n) is 12.4. The minimum Gasteiger partial charge on any atom is -0.548 e. The summed E-state index contributed by atoms with van der Waals surface area (Å²) < 4.78 is 14.2. The Hall–Kier alpha value is -2.54. The van der Waals surface area contributed by atoms with Gasteiger partial charge in [-0.3, -0.25) is 9.36 Å². The molecule has 0 spiro atoms. The van der Waals surface area contributed by atoms with Crippen molar-refractivity contribution in [3.05, 3.63) is 51.6 Å². The van der Waals surface area contributed by atoms with Gasteiger partial charge in [-0.15, -0.1) is 11.3 Å². The molecule has 3 aromatic rings. The van der Waals surface area contributed by atoms with E-state index in [4.69, 9.17) is 0 Å². The number of fused-ring (bicyclic) bond motifs is 1. The molecule has 0 aliphatic carbocycles. The lowest BCUT2D eigenvalue weighted by atomic mass is 10.0. The van der Waals surface area contributed by atoms with Gasteiger partial charge in [0.1, 0.15) is 10.6 Å². The minimum absolute atomic E-state index is 0.342. The van der Waals surface area contributed by atoms with Crippen molar-refractivity contribution in [1.82, 2.24) is 9.55 Å². The van der Waals surface area contributed by atoms with Crippen LogP contribution in [0.3, 0.4) is 0 Å². The number of thiophene rings is 1. The van der Waals surface area contributed by atoms with Crippen LogP contribution in [0.25, 0.3) is 21.3 Å². The average molecular weight is 331 g/mol. The summed E-state index contributed by atoms with van der Waals surface area (Å²) in [6.45, 7) is 3.21. The molecule has 0 N–H and O–H groups in total. The molecule has 0 radical (unpaired) electrons. The summed E-state index contributed by atoms with van der Waals surface area (Å²) in [7, 11) is 0. The van der Waals surface area contributed by atoms with Crippen molar-refractivity contribution in [2.75, 3.05) is 0 Å². The van der Waals surface area contributed by atoms with Gasteiger partial charge in [-0.25, -0.2) is 9.37 Å². The van der Waals surface area contributed by atoms with Crippen LogP contribution < -0.4 is 10.7 Å². The van der Waals surface area contributed by atoms with E-state index in [1.54, 1.807) is 12.1 Å². The van der Waals surface area contributed by atoms with Gasteiger partial charge >= 0.3 is 0 Å². The number of carboxylic acid groups (broad SMARTS) is 1. The predicted molar refractivity (Wildman–Crippen MR) is 83.7 cm³/mol. The molecular formula is C16H12FN2O3S-. The first kappa shape index (κ1) is 15.4. The molecule has 23 heavy (non-hydrogen) atoms. The molecule has 118 valence electrons. The third-order valence-electron chi connectivity index (χ3n) is 3.70.